The lowest BCUT2D eigenvalue weighted by atomic mass is 10.0. The van der Waals surface area contributed by atoms with Crippen LogP contribution in [0.1, 0.15) is 41.5 Å². The van der Waals surface area contributed by atoms with Gasteiger partial charge in [0.25, 0.3) is 0 Å². The normalized spacial score (nSPS) is 12.5. The number of rotatable bonds is 8. The fourth-order valence-corrected chi connectivity index (χ4v) is 9.19. The van der Waals surface area contributed by atoms with Crippen LogP contribution in [0.3, 0.4) is 0 Å². The van der Waals surface area contributed by atoms with Crippen molar-refractivity contribution in [2.75, 3.05) is 6.61 Å². The number of hydrogen-bond donors (Lipinski definition) is 1. The lowest BCUT2D eigenvalue weighted by molar-refractivity contribution is -0.135. The SMILES string of the molecule is CCOC(=O)C([C@H](NC(=O)OC(C)(C)C)C(C)C)=P(c1ccccc1)(c1ccccc1)c1ccccc1. The summed E-state index contributed by atoms with van der Waals surface area (Å²) in [7, 11) is 0. The molecule has 3 aromatic carbocycles. The van der Waals surface area contributed by atoms with E-state index >= 15 is 0 Å². The molecular formula is C31H38NO4P. The molecule has 1 atom stereocenters. The lowest BCUT2D eigenvalue weighted by Crippen LogP contribution is -2.52. The van der Waals surface area contributed by atoms with E-state index in [1.54, 1.807) is 6.92 Å². The van der Waals surface area contributed by atoms with Crippen molar-refractivity contribution in [3.63, 3.8) is 0 Å². The first-order chi connectivity index (χ1) is 17.6. The van der Waals surface area contributed by atoms with Gasteiger partial charge in [-0.25, -0.2) is 9.59 Å². The summed E-state index contributed by atoms with van der Waals surface area (Å²) in [4.78, 5) is 27.2. The number of esters is 1. The molecule has 3 aromatic rings. The Bertz CT molecular complexity index is 1130. The zero-order valence-electron chi connectivity index (χ0n) is 22.6. The molecule has 6 heteroatoms. The number of carbonyl (C=O) groups excluding carboxylic acids is 2. The molecule has 0 radical (unpaired) electrons. The minimum atomic E-state index is -2.79. The molecule has 0 spiro atoms. The zero-order valence-corrected chi connectivity index (χ0v) is 23.5. The second kappa shape index (κ2) is 12.3. The van der Waals surface area contributed by atoms with E-state index in [4.69, 9.17) is 9.47 Å². The Kier molecular flexibility index (Phi) is 9.39. The van der Waals surface area contributed by atoms with Crippen molar-refractivity contribution in [1.82, 2.24) is 5.32 Å². The Balaban J connectivity index is 2.54. The Morgan fingerprint density at radius 2 is 1.19 bits per heavy atom. The maximum Gasteiger partial charge on any atom is 0.408 e. The summed E-state index contributed by atoms with van der Waals surface area (Å²) >= 11 is 0. The first kappa shape index (κ1) is 28.3. The number of benzene rings is 3. The summed E-state index contributed by atoms with van der Waals surface area (Å²) in [6.07, 6.45) is -0.569. The summed E-state index contributed by atoms with van der Waals surface area (Å²) in [6.45, 7) is 8.68. The fraction of sp³-hybridized carbons (Fsp3) is 0.323. The number of amides is 1. The van der Waals surface area contributed by atoms with Gasteiger partial charge in [-0.3, -0.25) is 0 Å². The van der Waals surface area contributed by atoms with E-state index in [0.29, 0.717) is 5.29 Å². The van der Waals surface area contributed by atoms with Crippen LogP contribution in [0.2, 0.25) is 0 Å². The van der Waals surface area contributed by atoms with Crippen molar-refractivity contribution < 1.29 is 19.1 Å². The van der Waals surface area contributed by atoms with Gasteiger partial charge in [-0.15, -0.1) is 0 Å². The molecule has 0 aromatic heterocycles. The molecule has 3 rings (SSSR count). The maximum atomic E-state index is 14.1. The second-order valence-corrected chi connectivity index (χ2v) is 13.5. The quantitative estimate of drug-likeness (QED) is 0.326. The number of carbonyl (C=O) groups is 2. The second-order valence-electron chi connectivity index (χ2n) is 10.2. The van der Waals surface area contributed by atoms with Crippen molar-refractivity contribution in [2.24, 2.45) is 5.92 Å². The van der Waals surface area contributed by atoms with Crippen LogP contribution in [0.25, 0.3) is 0 Å². The van der Waals surface area contributed by atoms with E-state index in [1.165, 1.54) is 0 Å². The van der Waals surface area contributed by atoms with E-state index < -0.39 is 30.6 Å². The smallest absolute Gasteiger partial charge is 0.408 e. The zero-order chi connectivity index (χ0) is 27.1. The van der Waals surface area contributed by atoms with E-state index in [0.717, 1.165) is 15.9 Å². The Morgan fingerprint density at radius 3 is 1.51 bits per heavy atom. The molecule has 5 nitrogen and oxygen atoms in total. The molecule has 196 valence electrons. The average molecular weight is 520 g/mol. The molecule has 0 saturated carbocycles. The highest BCUT2D eigenvalue weighted by atomic mass is 31.2. The minimum Gasteiger partial charge on any atom is -0.463 e. The van der Waals surface area contributed by atoms with Crippen LogP contribution in [-0.4, -0.2) is 35.6 Å². The Hall–Kier alpha value is -3.30. The van der Waals surface area contributed by atoms with Gasteiger partial charge in [-0.1, -0.05) is 105 Å². The number of nitrogens with one attached hydrogen (secondary N) is 1. The molecule has 0 aliphatic rings. The summed E-state index contributed by atoms with van der Waals surface area (Å²) in [5.41, 5.74) is -0.680. The van der Waals surface area contributed by atoms with E-state index in [-0.39, 0.29) is 12.5 Å². The van der Waals surface area contributed by atoms with Crippen LogP contribution in [-0.2, 0) is 14.3 Å². The molecular weight excluding hydrogens is 481 g/mol. The van der Waals surface area contributed by atoms with Gasteiger partial charge in [0.15, 0.2) is 0 Å². The van der Waals surface area contributed by atoms with Crippen molar-refractivity contribution in [3.05, 3.63) is 91.0 Å². The highest BCUT2D eigenvalue weighted by Crippen LogP contribution is 2.47. The average Bonchev–Trinajstić information content (AvgIpc) is 2.86. The molecule has 0 aliphatic carbocycles. The Labute approximate surface area is 221 Å². The van der Waals surface area contributed by atoms with Crippen LogP contribution >= 0.6 is 6.89 Å². The standard InChI is InChI=1S/C31H38NO4P/c1-7-35-29(33)28(27(23(2)3)32-30(34)36-31(4,5)6)37(24-17-11-8-12-18-24,25-19-13-9-14-20-25)26-21-15-10-16-22-26/h8-23,27H,7H2,1-6H3,(H,32,34)/t27-/m1/s1. The van der Waals surface area contributed by atoms with Crippen molar-refractivity contribution in [2.45, 2.75) is 53.2 Å². The predicted molar refractivity (Wildman–Crippen MR) is 155 cm³/mol. The number of ether oxygens (including phenoxy) is 2. The molecule has 1 N–H and O–H groups in total. The van der Waals surface area contributed by atoms with Crippen molar-refractivity contribution in [3.8, 4) is 0 Å². The molecule has 0 aliphatic heterocycles. The number of alkyl carbamates (subject to hydrolysis) is 1. The summed E-state index contributed by atoms with van der Waals surface area (Å²) in [5, 5.41) is 6.62. The van der Waals surface area contributed by atoms with E-state index in [9.17, 15) is 9.59 Å². The maximum absolute atomic E-state index is 14.1. The van der Waals surface area contributed by atoms with Crippen molar-refractivity contribution >= 4 is 40.2 Å². The number of hydrogen-bond acceptors (Lipinski definition) is 4. The van der Waals surface area contributed by atoms with Gasteiger partial charge in [-0.05, 0) is 56.4 Å². The van der Waals surface area contributed by atoms with Gasteiger partial charge in [0.05, 0.1) is 17.9 Å². The third-order valence-electron chi connectivity index (χ3n) is 5.91. The van der Waals surface area contributed by atoms with Crippen LogP contribution in [0, 0.1) is 5.92 Å². The first-order valence-electron chi connectivity index (χ1n) is 12.7. The first-order valence-corrected chi connectivity index (χ1v) is 14.5. The van der Waals surface area contributed by atoms with Gasteiger partial charge < -0.3 is 14.8 Å². The van der Waals surface area contributed by atoms with E-state index in [2.05, 4.69) is 41.7 Å². The van der Waals surface area contributed by atoms with Crippen LogP contribution in [0.5, 0.6) is 0 Å². The highest BCUT2D eigenvalue weighted by Gasteiger charge is 2.40. The van der Waals surface area contributed by atoms with Crippen LogP contribution < -0.4 is 21.2 Å². The largest absolute Gasteiger partial charge is 0.463 e. The Morgan fingerprint density at radius 1 is 0.784 bits per heavy atom. The van der Waals surface area contributed by atoms with Gasteiger partial charge in [0, 0.05) is 0 Å². The van der Waals surface area contributed by atoms with Gasteiger partial charge in [-0.2, -0.15) is 0 Å². The van der Waals surface area contributed by atoms with Gasteiger partial charge in [0.1, 0.15) is 5.60 Å². The fourth-order valence-electron chi connectivity index (χ4n) is 4.48. The van der Waals surface area contributed by atoms with Gasteiger partial charge >= 0.3 is 12.1 Å². The third kappa shape index (κ3) is 6.53. The molecule has 0 bridgehead atoms. The minimum absolute atomic E-state index is 0.123. The summed E-state index contributed by atoms with van der Waals surface area (Å²) in [5.74, 6) is -0.537. The molecule has 37 heavy (non-hydrogen) atoms. The van der Waals surface area contributed by atoms with Crippen molar-refractivity contribution in [1.29, 1.82) is 0 Å². The van der Waals surface area contributed by atoms with Crippen LogP contribution in [0.15, 0.2) is 91.0 Å². The third-order valence-corrected chi connectivity index (χ3v) is 10.3. The molecule has 1 amide bonds. The van der Waals surface area contributed by atoms with E-state index in [1.807, 2.05) is 89.2 Å². The molecule has 0 unspecified atom stereocenters. The predicted octanol–water partition coefficient (Wildman–Crippen LogP) is 5.27. The highest BCUT2D eigenvalue weighted by molar-refractivity contribution is 7.96. The monoisotopic (exact) mass is 519 g/mol. The molecule has 0 fully saturated rings. The summed E-state index contributed by atoms with van der Waals surface area (Å²) in [6, 6.07) is 29.6. The topological polar surface area (TPSA) is 64.6 Å². The lowest BCUT2D eigenvalue weighted by Gasteiger charge is -2.36. The summed E-state index contributed by atoms with van der Waals surface area (Å²) < 4.78 is 11.4. The molecule has 0 heterocycles. The van der Waals surface area contributed by atoms with Crippen LogP contribution in [0.4, 0.5) is 4.79 Å². The molecule has 0 saturated heterocycles. The van der Waals surface area contributed by atoms with Gasteiger partial charge in [0.2, 0.25) is 0 Å².